The van der Waals surface area contributed by atoms with Gasteiger partial charge in [-0.05, 0) is 19.1 Å². The van der Waals surface area contributed by atoms with E-state index in [1.54, 1.807) is 0 Å². The summed E-state index contributed by atoms with van der Waals surface area (Å²) in [6.07, 6.45) is -5.30. The molecule has 0 heterocycles. The lowest BCUT2D eigenvalue weighted by atomic mass is 10.1. The van der Waals surface area contributed by atoms with Gasteiger partial charge in [0.25, 0.3) is 5.91 Å². The van der Waals surface area contributed by atoms with Crippen LogP contribution in [-0.4, -0.2) is 42.7 Å². The number of carbonyl (C=O) groups excluding carboxylic acids is 1. The summed E-state index contributed by atoms with van der Waals surface area (Å²) in [4.78, 5) is 13.3. The van der Waals surface area contributed by atoms with Crippen molar-refractivity contribution in [3.05, 3.63) is 29.3 Å². The first-order valence-electron chi connectivity index (χ1n) is 6.00. The molecule has 1 aromatic rings. The van der Waals surface area contributed by atoms with Crippen molar-refractivity contribution in [1.29, 1.82) is 0 Å². The summed E-state index contributed by atoms with van der Waals surface area (Å²) in [5.74, 6) is -0.582. The van der Waals surface area contributed by atoms with Gasteiger partial charge in [0, 0.05) is 20.6 Å². The van der Waals surface area contributed by atoms with E-state index in [-0.39, 0.29) is 17.8 Å². The van der Waals surface area contributed by atoms with Gasteiger partial charge in [-0.15, -0.1) is 0 Å². The SMILES string of the molecule is CNc1c(C(=O)N(C)CC(C)O)cccc1C(F)(F)F. The number of hydrogen-bond acceptors (Lipinski definition) is 3. The lowest BCUT2D eigenvalue weighted by Gasteiger charge is -2.22. The number of aliphatic hydroxyl groups is 1. The molecule has 0 radical (unpaired) electrons. The number of alkyl halides is 3. The Balaban J connectivity index is 3.22. The Morgan fingerprint density at radius 3 is 2.50 bits per heavy atom. The Hall–Kier alpha value is -1.76. The molecule has 0 spiro atoms. The maximum atomic E-state index is 12.9. The Kier molecular flexibility index (Phi) is 4.99. The lowest BCUT2D eigenvalue weighted by Crippen LogP contribution is -2.33. The van der Waals surface area contributed by atoms with E-state index in [4.69, 9.17) is 0 Å². The second kappa shape index (κ2) is 6.13. The minimum atomic E-state index is -4.54. The highest BCUT2D eigenvalue weighted by molar-refractivity contribution is 6.00. The summed E-state index contributed by atoms with van der Waals surface area (Å²) in [5.41, 5.74) is -1.23. The molecule has 112 valence electrons. The van der Waals surface area contributed by atoms with Gasteiger partial charge < -0.3 is 15.3 Å². The molecular formula is C13H17F3N2O2. The Bertz CT molecular complexity index is 487. The molecule has 4 nitrogen and oxygen atoms in total. The Labute approximate surface area is 115 Å². The van der Waals surface area contributed by atoms with Gasteiger partial charge in [0.2, 0.25) is 0 Å². The van der Waals surface area contributed by atoms with Crippen LogP contribution in [0.25, 0.3) is 0 Å². The molecule has 0 aliphatic heterocycles. The standard InChI is InChI=1S/C13H17F3N2O2/c1-8(19)7-18(3)12(20)9-5-4-6-10(11(9)17-2)13(14,15)16/h4-6,8,17,19H,7H2,1-3H3. The Morgan fingerprint density at radius 2 is 2.05 bits per heavy atom. The molecule has 20 heavy (non-hydrogen) atoms. The summed E-state index contributed by atoms with van der Waals surface area (Å²) >= 11 is 0. The van der Waals surface area contributed by atoms with Crippen molar-refractivity contribution in [1.82, 2.24) is 4.90 Å². The molecule has 1 unspecified atom stereocenters. The summed E-state index contributed by atoms with van der Waals surface area (Å²) in [6, 6.07) is 3.42. The van der Waals surface area contributed by atoms with Gasteiger partial charge in [-0.2, -0.15) is 13.2 Å². The molecule has 1 atom stereocenters. The van der Waals surface area contributed by atoms with Gasteiger partial charge in [0.15, 0.2) is 0 Å². The third kappa shape index (κ3) is 3.63. The number of likely N-dealkylation sites (N-methyl/N-ethyl adjacent to an activating group) is 1. The largest absolute Gasteiger partial charge is 0.418 e. The van der Waals surface area contributed by atoms with E-state index >= 15 is 0 Å². The van der Waals surface area contributed by atoms with Crippen molar-refractivity contribution < 1.29 is 23.1 Å². The number of aliphatic hydroxyl groups excluding tert-OH is 1. The fourth-order valence-electron chi connectivity index (χ4n) is 1.92. The maximum Gasteiger partial charge on any atom is 0.418 e. The number of hydrogen-bond donors (Lipinski definition) is 2. The second-order valence-electron chi connectivity index (χ2n) is 4.51. The quantitative estimate of drug-likeness (QED) is 0.894. The van der Waals surface area contributed by atoms with Crippen molar-refractivity contribution >= 4 is 11.6 Å². The summed E-state index contributed by atoms with van der Waals surface area (Å²) < 4.78 is 38.7. The number of amides is 1. The van der Waals surface area contributed by atoms with Gasteiger partial charge in [-0.3, -0.25) is 4.79 Å². The zero-order chi connectivity index (χ0) is 15.5. The normalized spacial score (nSPS) is 12.9. The van der Waals surface area contributed by atoms with Crippen LogP contribution in [0.15, 0.2) is 18.2 Å². The van der Waals surface area contributed by atoms with E-state index in [0.717, 1.165) is 6.07 Å². The number of halogens is 3. The molecule has 1 rings (SSSR count). The van der Waals surface area contributed by atoms with Gasteiger partial charge in [0.1, 0.15) is 0 Å². The number of rotatable bonds is 4. The fourth-order valence-corrected chi connectivity index (χ4v) is 1.92. The topological polar surface area (TPSA) is 52.6 Å². The predicted octanol–water partition coefficient (Wildman–Crippen LogP) is 2.20. The smallest absolute Gasteiger partial charge is 0.392 e. The Morgan fingerprint density at radius 1 is 1.45 bits per heavy atom. The minimum absolute atomic E-state index is 0.0399. The first-order valence-corrected chi connectivity index (χ1v) is 6.00. The van der Waals surface area contributed by atoms with E-state index < -0.39 is 23.8 Å². The van der Waals surface area contributed by atoms with E-state index in [2.05, 4.69) is 5.32 Å². The summed E-state index contributed by atoms with van der Waals surface area (Å²) in [5, 5.41) is 11.7. The average Bonchev–Trinajstić information content (AvgIpc) is 2.34. The van der Waals surface area contributed by atoms with Crippen molar-refractivity contribution in [2.75, 3.05) is 26.0 Å². The van der Waals surface area contributed by atoms with Crippen molar-refractivity contribution in [3.63, 3.8) is 0 Å². The minimum Gasteiger partial charge on any atom is -0.392 e. The van der Waals surface area contributed by atoms with E-state index in [1.807, 2.05) is 0 Å². The van der Waals surface area contributed by atoms with Crippen LogP contribution in [0.1, 0.15) is 22.8 Å². The van der Waals surface area contributed by atoms with Crippen molar-refractivity contribution in [3.8, 4) is 0 Å². The molecule has 7 heteroatoms. The summed E-state index contributed by atoms with van der Waals surface area (Å²) in [7, 11) is 2.75. The first kappa shape index (κ1) is 16.3. The number of anilines is 1. The molecule has 0 aliphatic rings. The van der Waals surface area contributed by atoms with Crippen LogP contribution in [0.2, 0.25) is 0 Å². The molecule has 0 aliphatic carbocycles. The highest BCUT2D eigenvalue weighted by Gasteiger charge is 2.35. The fraction of sp³-hybridized carbons (Fsp3) is 0.462. The van der Waals surface area contributed by atoms with Gasteiger partial charge in [-0.25, -0.2) is 0 Å². The number of carbonyl (C=O) groups is 1. The first-order chi connectivity index (χ1) is 9.18. The number of para-hydroxylation sites is 1. The van der Waals surface area contributed by atoms with E-state index in [0.29, 0.717) is 0 Å². The third-order valence-electron chi connectivity index (χ3n) is 2.74. The maximum absolute atomic E-state index is 12.9. The molecule has 0 saturated heterocycles. The molecule has 0 fully saturated rings. The average molecular weight is 290 g/mol. The summed E-state index contributed by atoms with van der Waals surface area (Å²) in [6.45, 7) is 1.53. The molecule has 1 aromatic carbocycles. The van der Waals surface area contributed by atoms with Gasteiger partial charge in [0.05, 0.1) is 22.9 Å². The predicted molar refractivity (Wildman–Crippen MR) is 69.6 cm³/mol. The van der Waals surface area contributed by atoms with Crippen LogP contribution in [0.3, 0.4) is 0 Å². The molecule has 1 amide bonds. The molecular weight excluding hydrogens is 273 g/mol. The zero-order valence-electron chi connectivity index (χ0n) is 11.5. The van der Waals surface area contributed by atoms with Crippen molar-refractivity contribution in [2.24, 2.45) is 0 Å². The molecule has 2 N–H and O–H groups in total. The van der Waals surface area contributed by atoms with Crippen molar-refractivity contribution in [2.45, 2.75) is 19.2 Å². The van der Waals surface area contributed by atoms with Gasteiger partial charge >= 0.3 is 6.18 Å². The van der Waals surface area contributed by atoms with E-state index in [1.165, 1.54) is 38.1 Å². The number of nitrogens with one attached hydrogen (secondary N) is 1. The number of nitrogens with zero attached hydrogens (tertiary/aromatic N) is 1. The molecule has 0 aromatic heterocycles. The molecule has 0 bridgehead atoms. The third-order valence-corrected chi connectivity index (χ3v) is 2.74. The van der Waals surface area contributed by atoms with Crippen LogP contribution in [-0.2, 0) is 6.18 Å². The lowest BCUT2D eigenvalue weighted by molar-refractivity contribution is -0.136. The zero-order valence-corrected chi connectivity index (χ0v) is 11.5. The molecule has 0 saturated carbocycles. The highest BCUT2D eigenvalue weighted by atomic mass is 19.4. The van der Waals surface area contributed by atoms with Crippen LogP contribution < -0.4 is 5.32 Å². The monoisotopic (exact) mass is 290 g/mol. The van der Waals surface area contributed by atoms with Crippen LogP contribution >= 0.6 is 0 Å². The van der Waals surface area contributed by atoms with Crippen LogP contribution in [0.5, 0.6) is 0 Å². The van der Waals surface area contributed by atoms with Gasteiger partial charge in [-0.1, -0.05) is 6.07 Å². The number of benzene rings is 1. The van der Waals surface area contributed by atoms with Crippen LogP contribution in [0, 0.1) is 0 Å². The van der Waals surface area contributed by atoms with Crippen LogP contribution in [0.4, 0.5) is 18.9 Å². The second-order valence-corrected chi connectivity index (χ2v) is 4.51. The van der Waals surface area contributed by atoms with E-state index in [9.17, 15) is 23.1 Å². The highest BCUT2D eigenvalue weighted by Crippen LogP contribution is 2.36.